The smallest absolute Gasteiger partial charge is 0.414 e. The van der Waals surface area contributed by atoms with Crippen molar-refractivity contribution < 1.29 is 78.0 Å². The molecule has 18 heteroatoms. The number of ketones is 4. The molecule has 0 spiro atoms. The van der Waals surface area contributed by atoms with Crippen LogP contribution in [0.4, 0.5) is 4.79 Å². The number of carbonyl (C=O) groups is 6. The number of allylic oxidation sites excluding steroid dienone is 2. The molecule has 18 nitrogen and oxygen atoms in total. The van der Waals surface area contributed by atoms with Gasteiger partial charge in [0.1, 0.15) is 23.6 Å². The molecule has 2 aromatic rings. The van der Waals surface area contributed by atoms with E-state index < -0.39 is 147 Å². The van der Waals surface area contributed by atoms with Crippen molar-refractivity contribution in [1.29, 1.82) is 0 Å². The maximum atomic E-state index is 15.0. The lowest BCUT2D eigenvalue weighted by atomic mass is 9.56. The largest absolute Gasteiger partial charge is 0.507 e. The van der Waals surface area contributed by atoms with Gasteiger partial charge in [0.2, 0.25) is 17.3 Å². The molecule has 0 bridgehead atoms. The van der Waals surface area contributed by atoms with Crippen LogP contribution < -0.4 is 10.1 Å². The number of hydrogen-bond acceptors (Lipinski definition) is 17. The van der Waals surface area contributed by atoms with Crippen molar-refractivity contribution in [2.45, 2.75) is 62.1 Å². The highest BCUT2D eigenvalue weighted by atomic mass is 16.6. The minimum absolute atomic E-state index is 0.0362. The Morgan fingerprint density at radius 2 is 1.71 bits per heavy atom. The summed E-state index contributed by atoms with van der Waals surface area (Å²) in [6.45, 7) is 2.38. The lowest BCUT2D eigenvalue weighted by Gasteiger charge is -2.53. The average molecular weight is 769 g/mol. The Balaban J connectivity index is 1.59. The summed E-state index contributed by atoms with van der Waals surface area (Å²) in [5, 5.41) is 59.6. The van der Waals surface area contributed by atoms with Gasteiger partial charge in [0, 0.05) is 57.5 Å². The van der Waals surface area contributed by atoms with Crippen LogP contribution >= 0.6 is 0 Å². The van der Waals surface area contributed by atoms with Gasteiger partial charge in [-0.2, -0.15) is 0 Å². The lowest BCUT2D eigenvalue weighted by Crippen LogP contribution is -2.73. The number of ether oxygens (including phenoxy) is 5. The zero-order valence-corrected chi connectivity index (χ0v) is 30.8. The fourth-order valence-electron chi connectivity index (χ4n) is 8.16. The first-order valence-corrected chi connectivity index (χ1v) is 17.0. The Kier molecular flexibility index (Phi) is 10.0. The summed E-state index contributed by atoms with van der Waals surface area (Å²) >= 11 is 0. The number of hydrogen-bond donors (Lipinski definition) is 6. The molecule has 1 amide bonds. The van der Waals surface area contributed by atoms with E-state index in [1.807, 2.05) is 0 Å². The first-order valence-electron chi connectivity index (χ1n) is 17.0. The number of benzene rings is 2. The quantitative estimate of drug-likeness (QED) is 0.197. The molecule has 8 atom stereocenters. The van der Waals surface area contributed by atoms with E-state index in [4.69, 9.17) is 23.7 Å². The first kappa shape index (κ1) is 39.6. The minimum Gasteiger partial charge on any atom is -0.507 e. The number of aliphatic hydroxyl groups is 4. The van der Waals surface area contributed by atoms with Crippen molar-refractivity contribution in [2.75, 3.05) is 42.0 Å². The van der Waals surface area contributed by atoms with Crippen molar-refractivity contribution in [2.24, 2.45) is 5.92 Å². The average Bonchev–Trinajstić information content (AvgIpc) is 3.12. The molecule has 6 rings (SSSR count). The SMILES string of the molecule is COC(=O)c1c(C)cc2c(c1O)[C@]1(O)C(=O)c3cc4c(c(OC(=O)N(C)C)c3C(=O)[C@]1(OC)[C@H](O)C2)C(=O)C=C(NC1O[C@@H](C)[C@H](OC)[C@@H](O)[C@H]1CO)C4=O. The summed E-state index contributed by atoms with van der Waals surface area (Å²) in [6.07, 6.45) is -6.99. The predicted molar refractivity (Wildman–Crippen MR) is 184 cm³/mol. The fourth-order valence-corrected chi connectivity index (χ4v) is 8.16. The number of rotatable bonds is 7. The molecule has 0 saturated carbocycles. The Labute approximate surface area is 313 Å². The number of aliphatic hydroxyl groups excluding tert-OH is 3. The summed E-state index contributed by atoms with van der Waals surface area (Å²) in [7, 11) is 5.83. The highest BCUT2D eigenvalue weighted by Crippen LogP contribution is 2.57. The van der Waals surface area contributed by atoms with Crippen LogP contribution in [0, 0.1) is 12.8 Å². The van der Waals surface area contributed by atoms with Crippen molar-refractivity contribution in [1.82, 2.24) is 10.2 Å². The van der Waals surface area contributed by atoms with Crippen LogP contribution in [0.5, 0.6) is 11.5 Å². The second kappa shape index (κ2) is 13.9. The molecule has 0 radical (unpaired) electrons. The Morgan fingerprint density at radius 3 is 2.29 bits per heavy atom. The molecule has 0 aromatic heterocycles. The molecular formula is C37H40N2O16. The monoisotopic (exact) mass is 768 g/mol. The van der Waals surface area contributed by atoms with Gasteiger partial charge in [-0.25, -0.2) is 9.59 Å². The topological polar surface area (TPSA) is 265 Å². The third-order valence-electron chi connectivity index (χ3n) is 10.8. The van der Waals surface area contributed by atoms with Gasteiger partial charge in [0.15, 0.2) is 22.7 Å². The van der Waals surface area contributed by atoms with Crippen molar-refractivity contribution in [3.05, 3.63) is 68.4 Å². The van der Waals surface area contributed by atoms with Crippen LogP contribution in [0.2, 0.25) is 0 Å². The number of nitrogens with zero attached hydrogens (tertiary/aromatic N) is 1. The van der Waals surface area contributed by atoms with Crippen molar-refractivity contribution >= 4 is 35.2 Å². The standard InChI is InChI=1S/C37H40N2O16/c1-13-8-15-9-21(42)37(53-7)32(47)24-17(31(46)36(37,50)25(15)28(45)22(13)34(48)52-6)10-16-23(30(24)55-35(49)39(3)4)20(41)11-19(26(16)43)38-33-18(12-40)27(44)29(51-5)14(2)54-33/h8,10-11,14,18,21,27,29,33,38,40,42,44-45,50H,9,12H2,1-7H3/t14-,18+,21+,27-,29-,33?,36-,37+/m0/s1. The molecule has 1 saturated heterocycles. The second-order valence-electron chi connectivity index (χ2n) is 14.0. The van der Waals surface area contributed by atoms with Gasteiger partial charge in [0.25, 0.3) is 0 Å². The zero-order chi connectivity index (χ0) is 40.6. The summed E-state index contributed by atoms with van der Waals surface area (Å²) < 4.78 is 27.1. The van der Waals surface area contributed by atoms with E-state index >= 15 is 0 Å². The van der Waals surface area contributed by atoms with Crippen LogP contribution in [-0.4, -0.2) is 144 Å². The van der Waals surface area contributed by atoms with Gasteiger partial charge in [-0.05, 0) is 31.0 Å². The molecule has 1 unspecified atom stereocenters. The van der Waals surface area contributed by atoms with E-state index in [2.05, 4.69) is 5.32 Å². The van der Waals surface area contributed by atoms with E-state index in [1.54, 1.807) is 6.92 Å². The van der Waals surface area contributed by atoms with E-state index in [0.29, 0.717) is 0 Å². The third-order valence-corrected chi connectivity index (χ3v) is 10.8. The predicted octanol–water partition coefficient (Wildman–Crippen LogP) is -0.302. The molecule has 4 aliphatic rings. The molecular weight excluding hydrogens is 728 g/mol. The number of methoxy groups -OCH3 is 3. The Morgan fingerprint density at radius 1 is 1.04 bits per heavy atom. The van der Waals surface area contributed by atoms with Crippen molar-refractivity contribution in [3.8, 4) is 11.5 Å². The number of carbonyl (C=O) groups excluding carboxylic acids is 6. The number of phenolic OH excluding ortho intramolecular Hbond substituents is 1. The Bertz CT molecular complexity index is 2090. The van der Waals surface area contributed by atoms with Crippen LogP contribution in [0.1, 0.15) is 75.4 Å². The molecule has 1 fully saturated rings. The summed E-state index contributed by atoms with van der Waals surface area (Å²) in [6, 6.07) is 2.15. The number of Topliss-reactive ketones (excluding diaryl/α,β-unsaturated/α-hetero) is 3. The lowest BCUT2D eigenvalue weighted by molar-refractivity contribution is -0.214. The number of phenols is 1. The molecule has 6 N–H and O–H groups in total. The molecule has 2 aromatic carbocycles. The summed E-state index contributed by atoms with van der Waals surface area (Å²) in [5.41, 5.74) is -10.5. The maximum absolute atomic E-state index is 15.0. The molecule has 1 aliphatic heterocycles. The highest BCUT2D eigenvalue weighted by molar-refractivity contribution is 6.31. The van der Waals surface area contributed by atoms with Crippen molar-refractivity contribution in [3.63, 3.8) is 0 Å². The number of amides is 1. The van der Waals surface area contributed by atoms with Gasteiger partial charge in [-0.15, -0.1) is 0 Å². The van der Waals surface area contributed by atoms with Gasteiger partial charge < -0.3 is 59.4 Å². The molecule has 294 valence electrons. The number of aromatic hydroxyl groups is 1. The van der Waals surface area contributed by atoms with E-state index in [9.17, 15) is 54.3 Å². The Hall–Kier alpha value is -5.08. The molecule has 55 heavy (non-hydrogen) atoms. The van der Waals surface area contributed by atoms with E-state index in [-0.39, 0.29) is 11.1 Å². The fraction of sp³-hybridized carbons (Fsp3) is 0.459. The third kappa shape index (κ3) is 5.42. The number of esters is 1. The van der Waals surface area contributed by atoms with Crippen LogP contribution in [0.3, 0.4) is 0 Å². The highest BCUT2D eigenvalue weighted by Gasteiger charge is 2.73. The molecule has 3 aliphatic carbocycles. The minimum atomic E-state index is -3.30. The number of aryl methyl sites for hydroxylation is 1. The van der Waals surface area contributed by atoms with Gasteiger partial charge in [-0.1, -0.05) is 6.07 Å². The van der Waals surface area contributed by atoms with Crippen LogP contribution in [0.25, 0.3) is 0 Å². The number of fused-ring (bicyclic) bond motifs is 5. The normalized spacial score (nSPS) is 29.7. The van der Waals surface area contributed by atoms with Gasteiger partial charge in [-0.3, -0.25) is 19.2 Å². The number of nitrogens with one attached hydrogen (secondary N) is 1. The molecule has 1 heterocycles. The van der Waals surface area contributed by atoms with E-state index in [0.717, 1.165) is 31.3 Å². The van der Waals surface area contributed by atoms with Crippen LogP contribution in [0.15, 0.2) is 23.9 Å². The van der Waals surface area contributed by atoms with Gasteiger partial charge >= 0.3 is 12.1 Å². The first-order chi connectivity index (χ1) is 25.9. The second-order valence-corrected chi connectivity index (χ2v) is 14.0. The summed E-state index contributed by atoms with van der Waals surface area (Å²) in [5.74, 6) is -8.72. The maximum Gasteiger partial charge on any atom is 0.414 e. The summed E-state index contributed by atoms with van der Waals surface area (Å²) in [4.78, 5) is 85.0. The van der Waals surface area contributed by atoms with E-state index in [1.165, 1.54) is 34.2 Å². The zero-order valence-electron chi connectivity index (χ0n) is 30.8. The van der Waals surface area contributed by atoms with Gasteiger partial charge in [0.05, 0.1) is 54.8 Å². The van der Waals surface area contributed by atoms with Crippen LogP contribution in [-0.2, 0) is 31.0 Å².